The summed E-state index contributed by atoms with van der Waals surface area (Å²) < 4.78 is 0. The van der Waals surface area contributed by atoms with E-state index in [1.807, 2.05) is 0 Å². The van der Waals surface area contributed by atoms with Crippen molar-refractivity contribution in [2.24, 2.45) is 5.73 Å². The minimum absolute atomic E-state index is 0. The minimum Gasteiger partial charge on any atom is -0.465 e. The lowest BCUT2D eigenvalue weighted by molar-refractivity contribution is 0.0607. The van der Waals surface area contributed by atoms with Crippen LogP contribution in [0, 0.1) is 0 Å². The van der Waals surface area contributed by atoms with Gasteiger partial charge < -0.3 is 20.8 Å². The average Bonchev–Trinajstić information content (AvgIpc) is 1.94. The third kappa shape index (κ3) is 2.51. The number of nitrogens with zero attached hydrogens (tertiary/aromatic N) is 1. The maximum atomic E-state index is 10.4. The number of aliphatic hydroxyl groups excluding tert-OH is 1. The summed E-state index contributed by atoms with van der Waals surface area (Å²) in [5.74, 6) is 0. The predicted molar refractivity (Wildman–Crippen MR) is 45.4 cm³/mol. The number of rotatable bonds is 0. The molecule has 0 bridgehead atoms. The summed E-state index contributed by atoms with van der Waals surface area (Å²) >= 11 is 0. The molecular weight excluding hydrogens is 184 g/mol. The molecule has 5 nitrogen and oxygen atoms in total. The Bertz CT molecular complexity index is 167. The van der Waals surface area contributed by atoms with Crippen LogP contribution in [0.5, 0.6) is 0 Å². The largest absolute Gasteiger partial charge is 0.465 e. The fraction of sp³-hybridized carbons (Fsp3) is 0.833. The van der Waals surface area contributed by atoms with E-state index in [0.717, 1.165) is 0 Å². The summed E-state index contributed by atoms with van der Waals surface area (Å²) in [5.41, 5.74) is 5.45. The van der Waals surface area contributed by atoms with Gasteiger partial charge in [-0.1, -0.05) is 0 Å². The van der Waals surface area contributed by atoms with Crippen molar-refractivity contribution in [2.75, 3.05) is 13.1 Å². The molecule has 0 aliphatic carbocycles. The maximum absolute atomic E-state index is 10.4. The van der Waals surface area contributed by atoms with Gasteiger partial charge in [-0.15, -0.1) is 12.4 Å². The fourth-order valence-electron chi connectivity index (χ4n) is 1.14. The Morgan fingerprint density at radius 3 is 2.58 bits per heavy atom. The van der Waals surface area contributed by atoms with Crippen molar-refractivity contribution in [3.05, 3.63) is 0 Å². The predicted octanol–water partition coefficient (Wildman–Crippen LogP) is -0.520. The first-order chi connectivity index (χ1) is 5.11. The van der Waals surface area contributed by atoms with Gasteiger partial charge in [0.05, 0.1) is 6.10 Å². The van der Waals surface area contributed by atoms with Crippen molar-refractivity contribution in [3.8, 4) is 0 Å². The van der Waals surface area contributed by atoms with Crippen LogP contribution >= 0.6 is 12.4 Å². The Labute approximate surface area is 76.6 Å². The van der Waals surface area contributed by atoms with E-state index >= 15 is 0 Å². The molecule has 2 atom stereocenters. The fourth-order valence-corrected chi connectivity index (χ4v) is 1.14. The van der Waals surface area contributed by atoms with Crippen molar-refractivity contribution in [1.82, 2.24) is 4.90 Å². The number of carboxylic acid groups (broad SMARTS) is 1. The molecule has 1 unspecified atom stereocenters. The van der Waals surface area contributed by atoms with Crippen LogP contribution in [0.25, 0.3) is 0 Å². The first-order valence-corrected chi connectivity index (χ1v) is 3.53. The summed E-state index contributed by atoms with van der Waals surface area (Å²) in [6.45, 7) is 0.612. The van der Waals surface area contributed by atoms with Gasteiger partial charge in [-0.05, 0) is 6.42 Å². The molecule has 72 valence electrons. The number of likely N-dealkylation sites (tertiary alicyclic amines) is 1. The number of piperidine rings is 1. The minimum atomic E-state index is -0.965. The molecule has 0 aromatic carbocycles. The number of aliphatic hydroxyl groups is 1. The van der Waals surface area contributed by atoms with E-state index in [9.17, 15) is 4.79 Å². The van der Waals surface area contributed by atoms with Crippen LogP contribution < -0.4 is 5.73 Å². The normalized spacial score (nSPS) is 29.3. The summed E-state index contributed by atoms with van der Waals surface area (Å²) in [6, 6.07) is -0.431. The molecule has 6 heteroatoms. The van der Waals surface area contributed by atoms with E-state index < -0.39 is 18.2 Å². The topological polar surface area (TPSA) is 86.8 Å². The van der Waals surface area contributed by atoms with Gasteiger partial charge in [0.1, 0.15) is 0 Å². The summed E-state index contributed by atoms with van der Waals surface area (Å²) in [7, 11) is 0. The van der Waals surface area contributed by atoms with E-state index in [4.69, 9.17) is 15.9 Å². The van der Waals surface area contributed by atoms with Gasteiger partial charge in [0, 0.05) is 19.1 Å². The van der Waals surface area contributed by atoms with Gasteiger partial charge in [-0.2, -0.15) is 0 Å². The lowest BCUT2D eigenvalue weighted by Crippen LogP contribution is -2.52. The first kappa shape index (κ1) is 11.5. The van der Waals surface area contributed by atoms with Crippen LogP contribution in [-0.4, -0.2) is 46.4 Å². The molecule has 1 amide bonds. The maximum Gasteiger partial charge on any atom is 0.407 e. The number of halogens is 1. The molecule has 0 radical (unpaired) electrons. The SMILES string of the molecule is Cl.N[C@@H]1CN(C(=O)O)CCC1O. The van der Waals surface area contributed by atoms with E-state index in [1.165, 1.54) is 4.90 Å². The second-order valence-electron chi connectivity index (χ2n) is 2.75. The highest BCUT2D eigenvalue weighted by Gasteiger charge is 2.26. The first-order valence-electron chi connectivity index (χ1n) is 3.53. The molecule has 1 rings (SSSR count). The molecule has 1 saturated heterocycles. The van der Waals surface area contributed by atoms with Gasteiger partial charge >= 0.3 is 6.09 Å². The monoisotopic (exact) mass is 196 g/mol. The van der Waals surface area contributed by atoms with Crippen LogP contribution in [-0.2, 0) is 0 Å². The molecule has 0 spiro atoms. The van der Waals surface area contributed by atoms with Crippen molar-refractivity contribution in [3.63, 3.8) is 0 Å². The van der Waals surface area contributed by atoms with Gasteiger partial charge in [0.25, 0.3) is 0 Å². The molecule has 1 heterocycles. The number of hydrogen-bond acceptors (Lipinski definition) is 3. The van der Waals surface area contributed by atoms with E-state index in [-0.39, 0.29) is 19.0 Å². The molecule has 0 saturated carbocycles. The van der Waals surface area contributed by atoms with Gasteiger partial charge in [-0.25, -0.2) is 4.79 Å². The number of amides is 1. The van der Waals surface area contributed by atoms with Crippen LogP contribution in [0.4, 0.5) is 4.79 Å². The van der Waals surface area contributed by atoms with Crippen molar-refractivity contribution >= 4 is 18.5 Å². The molecule has 1 fully saturated rings. The lowest BCUT2D eigenvalue weighted by Gasteiger charge is -2.32. The van der Waals surface area contributed by atoms with Crippen LogP contribution in [0.2, 0.25) is 0 Å². The van der Waals surface area contributed by atoms with Gasteiger partial charge in [0.2, 0.25) is 0 Å². The molecule has 4 N–H and O–H groups in total. The van der Waals surface area contributed by atoms with E-state index in [0.29, 0.717) is 13.0 Å². The van der Waals surface area contributed by atoms with E-state index in [2.05, 4.69) is 0 Å². The molecule has 12 heavy (non-hydrogen) atoms. The molecular formula is C6H13ClN2O3. The number of hydrogen-bond donors (Lipinski definition) is 3. The molecule has 0 aromatic heterocycles. The zero-order chi connectivity index (χ0) is 8.43. The lowest BCUT2D eigenvalue weighted by atomic mass is 10.0. The highest BCUT2D eigenvalue weighted by Crippen LogP contribution is 2.08. The third-order valence-electron chi connectivity index (χ3n) is 1.89. The van der Waals surface area contributed by atoms with Gasteiger partial charge in [0.15, 0.2) is 0 Å². The Morgan fingerprint density at radius 1 is 1.58 bits per heavy atom. The second kappa shape index (κ2) is 4.49. The zero-order valence-corrected chi connectivity index (χ0v) is 7.33. The summed E-state index contributed by atoms with van der Waals surface area (Å²) in [4.78, 5) is 11.6. The van der Waals surface area contributed by atoms with Gasteiger partial charge in [-0.3, -0.25) is 0 Å². The molecule has 1 aliphatic heterocycles. The Balaban J connectivity index is 0.00000121. The summed E-state index contributed by atoms with van der Waals surface area (Å²) in [6.07, 6.45) is -1.08. The molecule has 0 aromatic rings. The number of nitrogens with two attached hydrogens (primary N) is 1. The second-order valence-corrected chi connectivity index (χ2v) is 2.75. The van der Waals surface area contributed by atoms with Crippen molar-refractivity contribution in [2.45, 2.75) is 18.6 Å². The summed E-state index contributed by atoms with van der Waals surface area (Å²) in [5, 5.41) is 17.7. The number of carbonyl (C=O) groups is 1. The molecule has 1 aliphatic rings. The highest BCUT2D eigenvalue weighted by atomic mass is 35.5. The van der Waals surface area contributed by atoms with Crippen molar-refractivity contribution in [1.29, 1.82) is 0 Å². The Hall–Kier alpha value is -0.520. The van der Waals surface area contributed by atoms with Crippen LogP contribution in [0.3, 0.4) is 0 Å². The van der Waals surface area contributed by atoms with Crippen molar-refractivity contribution < 1.29 is 15.0 Å². The quantitative estimate of drug-likeness (QED) is 0.487. The standard InChI is InChI=1S/C6H12N2O3.ClH/c7-4-3-8(6(10)11)2-1-5(4)9;/h4-5,9H,1-3,7H2,(H,10,11);1H/t4-,5?;/m1./s1. The van der Waals surface area contributed by atoms with E-state index in [1.54, 1.807) is 0 Å². The Kier molecular flexibility index (Phi) is 4.30. The van der Waals surface area contributed by atoms with Crippen LogP contribution in [0.15, 0.2) is 0 Å². The Morgan fingerprint density at radius 2 is 2.17 bits per heavy atom. The average molecular weight is 197 g/mol. The van der Waals surface area contributed by atoms with Crippen LogP contribution in [0.1, 0.15) is 6.42 Å². The highest BCUT2D eigenvalue weighted by molar-refractivity contribution is 5.85. The third-order valence-corrected chi connectivity index (χ3v) is 1.89. The zero-order valence-electron chi connectivity index (χ0n) is 6.51. The smallest absolute Gasteiger partial charge is 0.407 e.